The van der Waals surface area contributed by atoms with Crippen LogP contribution in [-0.4, -0.2) is 15.2 Å². The van der Waals surface area contributed by atoms with E-state index in [0.29, 0.717) is 0 Å². The first kappa shape index (κ1) is 16.4. The Bertz CT molecular complexity index is 167. The maximum Gasteiger partial charge on any atom is 0.0501 e. The molecule has 0 fully saturated rings. The van der Waals surface area contributed by atoms with E-state index in [1.165, 1.54) is 24.2 Å². The minimum absolute atomic E-state index is 0.983. The molecule has 0 saturated carbocycles. The van der Waals surface area contributed by atoms with E-state index in [1.54, 1.807) is 0 Å². The average Bonchev–Trinajstić information content (AvgIpc) is 2.25. The molecule has 0 aliphatic carbocycles. The quantitative estimate of drug-likeness (QED) is 0.502. The minimum Gasteiger partial charge on any atom is -0.0680 e. The highest BCUT2D eigenvalue weighted by atomic mass is 29.3. The van der Waals surface area contributed by atoms with E-state index in [-0.39, 0.29) is 0 Å². The van der Waals surface area contributed by atoms with Gasteiger partial charge in [0.2, 0.25) is 0 Å². The summed E-state index contributed by atoms with van der Waals surface area (Å²) < 4.78 is 0. The predicted octanol–water partition coefficient (Wildman–Crippen LogP) is 5.86. The van der Waals surface area contributed by atoms with Crippen molar-refractivity contribution in [2.24, 2.45) is 0 Å². The molecule has 0 atom stereocenters. The molecule has 0 nitrogen and oxygen atoms in total. The molecule has 0 heterocycles. The van der Waals surface area contributed by atoms with Crippen molar-refractivity contribution in [3.8, 4) is 0 Å². The summed E-state index contributed by atoms with van der Waals surface area (Å²) in [6, 6.07) is 6.08. The summed E-state index contributed by atoms with van der Waals surface area (Å²) >= 11 is 0. The van der Waals surface area contributed by atoms with Gasteiger partial charge in [-0.1, -0.05) is 90.6 Å². The summed E-state index contributed by atoms with van der Waals surface area (Å²) in [6.07, 6.45) is 0. The Morgan fingerprint density at radius 1 is 0.562 bits per heavy atom. The van der Waals surface area contributed by atoms with Gasteiger partial charge in [-0.15, -0.1) is 0 Å². The van der Waals surface area contributed by atoms with Gasteiger partial charge in [0.1, 0.15) is 0 Å². The molecule has 98 valence electrons. The van der Waals surface area contributed by atoms with Gasteiger partial charge in [-0.25, -0.2) is 0 Å². The second kappa shape index (κ2) is 6.39. The van der Waals surface area contributed by atoms with Crippen LogP contribution in [0.25, 0.3) is 0 Å². The fourth-order valence-corrected chi connectivity index (χ4v) is 29.4. The SMILES string of the molecule is CC[Si](CC)(C(C)C)[Si](CC)(CC)C(C)C. The van der Waals surface area contributed by atoms with Crippen molar-refractivity contribution in [2.45, 2.75) is 90.6 Å². The van der Waals surface area contributed by atoms with E-state index >= 15 is 0 Å². The van der Waals surface area contributed by atoms with Crippen molar-refractivity contribution in [2.75, 3.05) is 0 Å². The molecule has 0 spiro atoms. The van der Waals surface area contributed by atoms with Crippen LogP contribution in [0, 0.1) is 0 Å². The molecular formula is C14H34Si2. The summed E-state index contributed by atoms with van der Waals surface area (Å²) in [7, 11) is -2.05. The second-order valence-corrected chi connectivity index (χ2v) is 21.8. The maximum absolute atomic E-state index is 2.52. The molecule has 0 aliphatic rings. The van der Waals surface area contributed by atoms with Gasteiger partial charge in [0, 0.05) is 0 Å². The summed E-state index contributed by atoms with van der Waals surface area (Å²) in [5.41, 5.74) is 1.97. The van der Waals surface area contributed by atoms with Crippen molar-refractivity contribution in [1.29, 1.82) is 0 Å². The monoisotopic (exact) mass is 258 g/mol. The number of hydrogen-bond acceptors (Lipinski definition) is 0. The van der Waals surface area contributed by atoms with Crippen molar-refractivity contribution >= 4 is 15.2 Å². The summed E-state index contributed by atoms with van der Waals surface area (Å²) in [5.74, 6) is 0. The van der Waals surface area contributed by atoms with E-state index in [9.17, 15) is 0 Å². The molecule has 0 aromatic heterocycles. The zero-order chi connectivity index (χ0) is 13.0. The summed E-state index contributed by atoms with van der Waals surface area (Å²) in [5, 5.41) is 0. The molecule has 0 amide bonds. The van der Waals surface area contributed by atoms with Gasteiger partial charge in [0.25, 0.3) is 0 Å². The second-order valence-electron chi connectivity index (χ2n) is 6.04. The van der Waals surface area contributed by atoms with Gasteiger partial charge in [-0.05, 0) is 0 Å². The largest absolute Gasteiger partial charge is 0.0680 e. The summed E-state index contributed by atoms with van der Waals surface area (Å²) in [6.45, 7) is 20.1. The number of rotatable bonds is 7. The van der Waals surface area contributed by atoms with Crippen LogP contribution < -0.4 is 0 Å². The van der Waals surface area contributed by atoms with E-state index in [0.717, 1.165) is 11.1 Å². The van der Waals surface area contributed by atoms with Crippen LogP contribution in [-0.2, 0) is 0 Å². The molecule has 0 bridgehead atoms. The Balaban J connectivity index is 5.58. The molecule has 0 radical (unpaired) electrons. The van der Waals surface area contributed by atoms with Crippen LogP contribution in [0.2, 0.25) is 35.3 Å². The van der Waals surface area contributed by atoms with Crippen LogP contribution in [0.4, 0.5) is 0 Å². The lowest BCUT2D eigenvalue weighted by Gasteiger charge is -2.52. The molecule has 0 aliphatic heterocycles. The molecule has 2 heteroatoms. The van der Waals surface area contributed by atoms with Crippen LogP contribution in [0.3, 0.4) is 0 Å². The molecule has 0 aromatic rings. The first-order valence-electron chi connectivity index (χ1n) is 7.38. The van der Waals surface area contributed by atoms with E-state index in [4.69, 9.17) is 0 Å². The number of hydrogen-bond donors (Lipinski definition) is 0. The Kier molecular flexibility index (Phi) is 6.56. The Morgan fingerprint density at radius 2 is 0.750 bits per heavy atom. The van der Waals surface area contributed by atoms with Crippen molar-refractivity contribution in [3.63, 3.8) is 0 Å². The maximum atomic E-state index is 2.52. The third-order valence-corrected chi connectivity index (χ3v) is 30.8. The topological polar surface area (TPSA) is 0 Å². The fraction of sp³-hybridized carbons (Fsp3) is 1.00. The lowest BCUT2D eigenvalue weighted by Crippen LogP contribution is -2.64. The van der Waals surface area contributed by atoms with Gasteiger partial charge in [-0.3, -0.25) is 0 Å². The molecule has 16 heavy (non-hydrogen) atoms. The van der Waals surface area contributed by atoms with E-state index < -0.39 is 15.2 Å². The highest BCUT2D eigenvalue weighted by Crippen LogP contribution is 2.46. The zero-order valence-corrected chi connectivity index (χ0v) is 15.0. The molecule has 0 unspecified atom stereocenters. The molecular weight excluding hydrogens is 224 g/mol. The van der Waals surface area contributed by atoms with E-state index in [2.05, 4.69) is 55.4 Å². The first-order chi connectivity index (χ1) is 7.38. The third-order valence-electron chi connectivity index (χ3n) is 5.73. The molecule has 0 N–H and O–H groups in total. The van der Waals surface area contributed by atoms with Crippen LogP contribution >= 0.6 is 0 Å². The standard InChI is InChI=1S/C14H34Si2/c1-9-15(10-2,13(5)6)16(11-3,12-4)14(7)8/h13-14H,9-12H2,1-8H3. The zero-order valence-electron chi connectivity index (χ0n) is 13.0. The normalized spacial score (nSPS) is 13.9. The fourth-order valence-electron chi connectivity index (χ4n) is 4.69. The van der Waals surface area contributed by atoms with Gasteiger partial charge >= 0.3 is 0 Å². The molecule has 0 aromatic carbocycles. The van der Waals surface area contributed by atoms with Gasteiger partial charge in [-0.2, -0.15) is 0 Å². The predicted molar refractivity (Wildman–Crippen MR) is 83.6 cm³/mol. The van der Waals surface area contributed by atoms with E-state index in [1.807, 2.05) is 0 Å². The average molecular weight is 259 g/mol. The van der Waals surface area contributed by atoms with Gasteiger partial charge in [0.15, 0.2) is 0 Å². The van der Waals surface area contributed by atoms with Crippen molar-refractivity contribution < 1.29 is 0 Å². The highest BCUT2D eigenvalue weighted by molar-refractivity contribution is 7.43. The Hall–Kier alpha value is 0.434. The van der Waals surface area contributed by atoms with Crippen LogP contribution in [0.1, 0.15) is 55.4 Å². The van der Waals surface area contributed by atoms with Crippen molar-refractivity contribution in [1.82, 2.24) is 0 Å². The Morgan fingerprint density at radius 3 is 0.812 bits per heavy atom. The van der Waals surface area contributed by atoms with Crippen molar-refractivity contribution in [3.05, 3.63) is 0 Å². The molecule has 0 rings (SSSR count). The first-order valence-corrected chi connectivity index (χ1v) is 13.4. The smallest absolute Gasteiger partial charge is 0.0501 e. The highest BCUT2D eigenvalue weighted by Gasteiger charge is 2.53. The van der Waals surface area contributed by atoms with Gasteiger partial charge < -0.3 is 0 Å². The lowest BCUT2D eigenvalue weighted by atomic mass is 10.6. The molecule has 0 saturated heterocycles. The third kappa shape index (κ3) is 2.33. The lowest BCUT2D eigenvalue weighted by molar-refractivity contribution is 0.932. The Labute approximate surface area is 106 Å². The summed E-state index contributed by atoms with van der Waals surface area (Å²) in [4.78, 5) is 0. The van der Waals surface area contributed by atoms with Crippen LogP contribution in [0.15, 0.2) is 0 Å². The van der Waals surface area contributed by atoms with Gasteiger partial charge in [0.05, 0.1) is 15.2 Å². The van der Waals surface area contributed by atoms with Crippen LogP contribution in [0.5, 0.6) is 0 Å². The minimum atomic E-state index is -1.02.